The smallest absolute Gasteiger partial charge is 0.216 e. The molecule has 2 rings (SSSR count). The highest BCUT2D eigenvalue weighted by Crippen LogP contribution is 2.21. The van der Waals surface area contributed by atoms with E-state index < -0.39 is 0 Å². The van der Waals surface area contributed by atoms with Crippen LogP contribution in [0.4, 0.5) is 0 Å². The maximum absolute atomic E-state index is 10.8. The van der Waals surface area contributed by atoms with Crippen LogP contribution in [0, 0.1) is 0 Å². The fraction of sp³-hybridized carbons (Fsp3) is 0.333. The fourth-order valence-corrected chi connectivity index (χ4v) is 1.75. The molecule has 2 heterocycles. The third kappa shape index (κ3) is 2.55. The second kappa shape index (κ2) is 4.86. The molecule has 2 aromatic rings. The Hall–Kier alpha value is -2.04. The molecule has 17 heavy (non-hydrogen) atoms. The van der Waals surface area contributed by atoms with E-state index in [2.05, 4.69) is 15.3 Å². The van der Waals surface area contributed by atoms with Crippen LogP contribution in [0.2, 0.25) is 0 Å². The Kier molecular flexibility index (Phi) is 3.27. The normalized spacial score (nSPS) is 10.5. The van der Waals surface area contributed by atoms with E-state index in [0.717, 1.165) is 22.9 Å². The highest BCUT2D eigenvalue weighted by atomic mass is 16.5. The van der Waals surface area contributed by atoms with Crippen LogP contribution in [0.25, 0.3) is 10.9 Å². The molecule has 0 fully saturated rings. The Labute approximate surface area is 99.2 Å². The number of fused-ring (bicyclic) bond motifs is 1. The summed E-state index contributed by atoms with van der Waals surface area (Å²) in [6, 6.07) is 1.90. The first-order chi connectivity index (χ1) is 8.20. The molecule has 0 aromatic carbocycles. The standard InChI is InChI=1S/C12H15N3O2/c1-8(16)13-4-3-9-6-14-11-7-15-12(17-2)5-10(9)11/h5-7,14H,3-4H2,1-2H3,(H,13,16). The minimum Gasteiger partial charge on any atom is -0.481 e. The zero-order valence-corrected chi connectivity index (χ0v) is 9.91. The monoisotopic (exact) mass is 233 g/mol. The van der Waals surface area contributed by atoms with Gasteiger partial charge in [0.05, 0.1) is 18.8 Å². The second-order valence-corrected chi connectivity index (χ2v) is 3.82. The number of H-pyrrole nitrogens is 1. The number of nitrogens with one attached hydrogen (secondary N) is 2. The average molecular weight is 233 g/mol. The van der Waals surface area contributed by atoms with Gasteiger partial charge in [0.2, 0.25) is 11.8 Å². The van der Waals surface area contributed by atoms with E-state index in [1.54, 1.807) is 13.3 Å². The van der Waals surface area contributed by atoms with Crippen molar-refractivity contribution < 1.29 is 9.53 Å². The average Bonchev–Trinajstić information content (AvgIpc) is 2.71. The Morgan fingerprint density at radius 2 is 2.41 bits per heavy atom. The van der Waals surface area contributed by atoms with Crippen molar-refractivity contribution in [3.05, 3.63) is 24.0 Å². The van der Waals surface area contributed by atoms with Gasteiger partial charge in [0.25, 0.3) is 0 Å². The molecule has 0 radical (unpaired) electrons. The van der Waals surface area contributed by atoms with Crippen molar-refractivity contribution in [2.75, 3.05) is 13.7 Å². The molecule has 5 nitrogen and oxygen atoms in total. The van der Waals surface area contributed by atoms with Gasteiger partial charge < -0.3 is 15.0 Å². The number of carbonyl (C=O) groups excluding carboxylic acids is 1. The van der Waals surface area contributed by atoms with Gasteiger partial charge in [-0.2, -0.15) is 0 Å². The highest BCUT2D eigenvalue weighted by molar-refractivity contribution is 5.83. The van der Waals surface area contributed by atoms with Crippen LogP contribution in [0.5, 0.6) is 5.88 Å². The Balaban J connectivity index is 2.19. The van der Waals surface area contributed by atoms with Crippen LogP contribution in [-0.4, -0.2) is 29.5 Å². The summed E-state index contributed by atoms with van der Waals surface area (Å²) in [4.78, 5) is 18.1. The Bertz CT molecular complexity index is 534. The molecule has 0 unspecified atom stereocenters. The van der Waals surface area contributed by atoms with Gasteiger partial charge in [0.1, 0.15) is 0 Å². The van der Waals surface area contributed by atoms with Crippen molar-refractivity contribution in [2.45, 2.75) is 13.3 Å². The lowest BCUT2D eigenvalue weighted by Gasteiger charge is -2.02. The molecule has 90 valence electrons. The zero-order valence-electron chi connectivity index (χ0n) is 9.91. The number of hydrogen-bond acceptors (Lipinski definition) is 3. The molecule has 0 bridgehead atoms. The molecule has 5 heteroatoms. The van der Waals surface area contributed by atoms with E-state index in [-0.39, 0.29) is 5.91 Å². The molecular weight excluding hydrogens is 218 g/mol. The van der Waals surface area contributed by atoms with Crippen LogP contribution in [-0.2, 0) is 11.2 Å². The van der Waals surface area contributed by atoms with Gasteiger partial charge in [-0.1, -0.05) is 0 Å². The van der Waals surface area contributed by atoms with E-state index >= 15 is 0 Å². The van der Waals surface area contributed by atoms with Gasteiger partial charge >= 0.3 is 0 Å². The van der Waals surface area contributed by atoms with E-state index in [9.17, 15) is 4.79 Å². The van der Waals surface area contributed by atoms with Gasteiger partial charge in [0.15, 0.2) is 0 Å². The zero-order chi connectivity index (χ0) is 12.3. The summed E-state index contributed by atoms with van der Waals surface area (Å²) in [5, 5.41) is 3.86. The van der Waals surface area contributed by atoms with Crippen LogP contribution in [0.3, 0.4) is 0 Å². The van der Waals surface area contributed by atoms with Gasteiger partial charge in [-0.3, -0.25) is 4.79 Å². The number of hydrogen-bond donors (Lipinski definition) is 2. The summed E-state index contributed by atoms with van der Waals surface area (Å²) in [5.74, 6) is 0.585. The molecule has 2 aromatic heterocycles. The molecule has 2 N–H and O–H groups in total. The minimum absolute atomic E-state index is 0.0101. The first-order valence-electron chi connectivity index (χ1n) is 5.45. The number of pyridine rings is 1. The van der Waals surface area contributed by atoms with Crippen LogP contribution in [0.15, 0.2) is 18.5 Å². The molecule has 0 spiro atoms. The first kappa shape index (κ1) is 11.4. The molecule has 1 amide bonds. The number of nitrogens with zero attached hydrogens (tertiary/aromatic N) is 1. The first-order valence-corrected chi connectivity index (χ1v) is 5.45. The number of aromatic amines is 1. The van der Waals surface area contributed by atoms with Gasteiger partial charge in [-0.05, 0) is 12.0 Å². The lowest BCUT2D eigenvalue weighted by molar-refractivity contribution is -0.118. The van der Waals surface area contributed by atoms with Gasteiger partial charge in [0, 0.05) is 31.1 Å². The van der Waals surface area contributed by atoms with Gasteiger partial charge in [-0.25, -0.2) is 4.98 Å². The lowest BCUT2D eigenvalue weighted by atomic mass is 10.1. The predicted molar refractivity (Wildman–Crippen MR) is 65.0 cm³/mol. The topological polar surface area (TPSA) is 67.0 Å². The SMILES string of the molecule is COc1cc2c(CCNC(C)=O)c[nH]c2cn1. The third-order valence-electron chi connectivity index (χ3n) is 2.60. The van der Waals surface area contributed by atoms with Crippen LogP contribution in [0.1, 0.15) is 12.5 Å². The molecule has 0 aliphatic heterocycles. The summed E-state index contributed by atoms with van der Waals surface area (Å²) in [5.41, 5.74) is 2.12. The summed E-state index contributed by atoms with van der Waals surface area (Å²) in [6.07, 6.45) is 4.47. The maximum atomic E-state index is 10.8. The lowest BCUT2D eigenvalue weighted by Crippen LogP contribution is -2.22. The molecule has 0 aliphatic carbocycles. The maximum Gasteiger partial charge on any atom is 0.216 e. The summed E-state index contributed by atoms with van der Waals surface area (Å²) in [6.45, 7) is 2.15. The Morgan fingerprint density at radius 1 is 1.59 bits per heavy atom. The van der Waals surface area contributed by atoms with E-state index in [4.69, 9.17) is 4.74 Å². The number of aromatic nitrogens is 2. The summed E-state index contributed by atoms with van der Waals surface area (Å²) < 4.78 is 5.09. The van der Waals surface area contributed by atoms with Crippen molar-refractivity contribution >= 4 is 16.8 Å². The molecule has 0 aliphatic rings. The number of ether oxygens (including phenoxy) is 1. The highest BCUT2D eigenvalue weighted by Gasteiger charge is 2.05. The van der Waals surface area contributed by atoms with Crippen molar-refractivity contribution in [3.8, 4) is 5.88 Å². The number of rotatable bonds is 4. The molecule has 0 atom stereocenters. The van der Waals surface area contributed by atoms with E-state index in [1.165, 1.54) is 6.92 Å². The fourth-order valence-electron chi connectivity index (χ4n) is 1.75. The third-order valence-corrected chi connectivity index (χ3v) is 2.60. The Morgan fingerprint density at radius 3 is 3.12 bits per heavy atom. The van der Waals surface area contributed by atoms with Crippen molar-refractivity contribution in [2.24, 2.45) is 0 Å². The van der Waals surface area contributed by atoms with E-state index in [1.807, 2.05) is 12.3 Å². The largest absolute Gasteiger partial charge is 0.481 e. The summed E-state index contributed by atoms with van der Waals surface area (Å²) >= 11 is 0. The van der Waals surface area contributed by atoms with Crippen molar-refractivity contribution in [1.29, 1.82) is 0 Å². The molecular formula is C12H15N3O2. The number of amides is 1. The van der Waals surface area contributed by atoms with Crippen molar-refractivity contribution in [1.82, 2.24) is 15.3 Å². The van der Waals surface area contributed by atoms with Crippen molar-refractivity contribution in [3.63, 3.8) is 0 Å². The van der Waals surface area contributed by atoms with Crippen LogP contribution < -0.4 is 10.1 Å². The second-order valence-electron chi connectivity index (χ2n) is 3.82. The molecule has 0 saturated carbocycles. The molecule has 0 saturated heterocycles. The number of methoxy groups -OCH3 is 1. The minimum atomic E-state index is -0.0101. The quantitative estimate of drug-likeness (QED) is 0.835. The predicted octanol–water partition coefficient (Wildman–Crippen LogP) is 1.25. The van der Waals surface area contributed by atoms with Gasteiger partial charge in [-0.15, -0.1) is 0 Å². The number of carbonyl (C=O) groups is 1. The van der Waals surface area contributed by atoms with E-state index in [0.29, 0.717) is 12.4 Å². The summed E-state index contributed by atoms with van der Waals surface area (Å²) in [7, 11) is 1.60. The van der Waals surface area contributed by atoms with Crippen LogP contribution >= 0.6 is 0 Å².